The molecule has 2 unspecified atom stereocenters. The van der Waals surface area contributed by atoms with Crippen molar-refractivity contribution in [2.24, 2.45) is 5.92 Å². The van der Waals surface area contributed by atoms with Crippen LogP contribution in [0.2, 0.25) is 0 Å². The second kappa shape index (κ2) is 7.26. The van der Waals surface area contributed by atoms with Crippen molar-refractivity contribution in [3.63, 3.8) is 0 Å². The SMILES string of the molecule is CCNC(C)c1cc(F)c(C)cc1N1CCCC(CC)C1. The summed E-state index contributed by atoms with van der Waals surface area (Å²) in [5, 5.41) is 3.42. The van der Waals surface area contributed by atoms with Gasteiger partial charge in [0, 0.05) is 24.8 Å². The molecule has 1 aromatic carbocycles. The van der Waals surface area contributed by atoms with Crippen molar-refractivity contribution in [3.8, 4) is 0 Å². The van der Waals surface area contributed by atoms with Gasteiger partial charge >= 0.3 is 0 Å². The Morgan fingerprint density at radius 3 is 2.81 bits per heavy atom. The zero-order valence-corrected chi connectivity index (χ0v) is 13.9. The van der Waals surface area contributed by atoms with E-state index in [0.717, 1.165) is 36.7 Å². The van der Waals surface area contributed by atoms with E-state index in [2.05, 4.69) is 31.0 Å². The van der Waals surface area contributed by atoms with Crippen molar-refractivity contribution in [1.82, 2.24) is 5.32 Å². The summed E-state index contributed by atoms with van der Waals surface area (Å²) in [5.41, 5.74) is 3.06. The molecular weight excluding hydrogens is 263 g/mol. The number of hydrogen-bond donors (Lipinski definition) is 1. The first-order valence-corrected chi connectivity index (χ1v) is 8.35. The molecule has 0 spiro atoms. The molecule has 1 N–H and O–H groups in total. The predicted molar refractivity (Wildman–Crippen MR) is 88.5 cm³/mol. The number of piperidine rings is 1. The van der Waals surface area contributed by atoms with E-state index in [1.807, 2.05) is 13.0 Å². The van der Waals surface area contributed by atoms with Crippen molar-refractivity contribution in [1.29, 1.82) is 0 Å². The van der Waals surface area contributed by atoms with E-state index in [1.165, 1.54) is 24.9 Å². The van der Waals surface area contributed by atoms with Crippen LogP contribution < -0.4 is 10.2 Å². The molecule has 0 aromatic heterocycles. The minimum absolute atomic E-state index is 0.0949. The maximum absolute atomic E-state index is 14.0. The zero-order valence-electron chi connectivity index (χ0n) is 13.9. The summed E-state index contributed by atoms with van der Waals surface area (Å²) in [7, 11) is 0. The Morgan fingerprint density at radius 2 is 2.14 bits per heavy atom. The predicted octanol–water partition coefficient (Wildman–Crippen LogP) is 4.43. The smallest absolute Gasteiger partial charge is 0.126 e. The lowest BCUT2D eigenvalue weighted by Crippen LogP contribution is -2.36. The highest BCUT2D eigenvalue weighted by atomic mass is 19.1. The van der Waals surface area contributed by atoms with Crippen LogP contribution in [-0.4, -0.2) is 19.6 Å². The maximum Gasteiger partial charge on any atom is 0.126 e. The lowest BCUT2D eigenvalue weighted by molar-refractivity contribution is 0.403. The fourth-order valence-corrected chi connectivity index (χ4v) is 3.34. The van der Waals surface area contributed by atoms with Crippen LogP contribution in [0.1, 0.15) is 57.2 Å². The van der Waals surface area contributed by atoms with E-state index in [1.54, 1.807) is 6.07 Å². The molecule has 0 saturated carbocycles. The van der Waals surface area contributed by atoms with E-state index >= 15 is 0 Å². The molecule has 118 valence electrons. The summed E-state index contributed by atoms with van der Waals surface area (Å²) in [6.07, 6.45) is 3.80. The van der Waals surface area contributed by atoms with Crippen LogP contribution in [0, 0.1) is 18.7 Å². The molecule has 1 aliphatic rings. The Labute approximate surface area is 128 Å². The van der Waals surface area contributed by atoms with Crippen LogP contribution in [0.4, 0.5) is 10.1 Å². The van der Waals surface area contributed by atoms with E-state index in [9.17, 15) is 4.39 Å². The minimum atomic E-state index is -0.0949. The van der Waals surface area contributed by atoms with Crippen LogP contribution >= 0.6 is 0 Å². The fraction of sp³-hybridized carbons (Fsp3) is 0.667. The zero-order chi connectivity index (χ0) is 15.4. The van der Waals surface area contributed by atoms with E-state index < -0.39 is 0 Å². The second-order valence-electron chi connectivity index (χ2n) is 6.30. The third-order valence-corrected chi connectivity index (χ3v) is 4.72. The average Bonchev–Trinajstić information content (AvgIpc) is 2.49. The molecule has 0 bridgehead atoms. The molecule has 0 amide bonds. The Morgan fingerprint density at radius 1 is 1.38 bits per heavy atom. The van der Waals surface area contributed by atoms with Gasteiger partial charge in [0.15, 0.2) is 0 Å². The molecule has 3 heteroatoms. The summed E-state index contributed by atoms with van der Waals surface area (Å²) in [6, 6.07) is 3.95. The van der Waals surface area contributed by atoms with Crippen LogP contribution in [0.5, 0.6) is 0 Å². The van der Waals surface area contributed by atoms with Gasteiger partial charge in [-0.05, 0) is 62.4 Å². The van der Waals surface area contributed by atoms with Crippen molar-refractivity contribution in [2.45, 2.75) is 53.0 Å². The summed E-state index contributed by atoms with van der Waals surface area (Å²) < 4.78 is 14.0. The molecule has 1 aliphatic heterocycles. The molecule has 1 heterocycles. The van der Waals surface area contributed by atoms with Crippen LogP contribution in [0.15, 0.2) is 12.1 Å². The van der Waals surface area contributed by atoms with Gasteiger partial charge in [0.25, 0.3) is 0 Å². The molecule has 2 rings (SSSR count). The first-order valence-electron chi connectivity index (χ1n) is 8.35. The normalized spacial score (nSPS) is 20.6. The van der Waals surface area contributed by atoms with Gasteiger partial charge in [0.2, 0.25) is 0 Å². The topological polar surface area (TPSA) is 15.3 Å². The lowest BCUT2D eigenvalue weighted by Gasteiger charge is -2.36. The van der Waals surface area contributed by atoms with E-state index in [4.69, 9.17) is 0 Å². The lowest BCUT2D eigenvalue weighted by atomic mass is 9.93. The Kier molecular flexibility index (Phi) is 5.63. The number of benzene rings is 1. The summed E-state index contributed by atoms with van der Waals surface area (Å²) in [6.45, 7) is 11.4. The maximum atomic E-state index is 14.0. The largest absolute Gasteiger partial charge is 0.371 e. The van der Waals surface area contributed by atoms with Gasteiger partial charge in [0.05, 0.1) is 0 Å². The Hall–Kier alpha value is -1.09. The highest BCUT2D eigenvalue weighted by Gasteiger charge is 2.23. The van der Waals surface area contributed by atoms with Crippen molar-refractivity contribution in [3.05, 3.63) is 29.1 Å². The third-order valence-electron chi connectivity index (χ3n) is 4.72. The molecule has 0 radical (unpaired) electrons. The molecule has 2 atom stereocenters. The van der Waals surface area contributed by atoms with Crippen LogP contribution in [0.25, 0.3) is 0 Å². The molecule has 21 heavy (non-hydrogen) atoms. The van der Waals surface area contributed by atoms with Crippen molar-refractivity contribution < 1.29 is 4.39 Å². The minimum Gasteiger partial charge on any atom is -0.371 e. The fourth-order valence-electron chi connectivity index (χ4n) is 3.34. The third kappa shape index (κ3) is 3.76. The van der Waals surface area contributed by atoms with Gasteiger partial charge in [-0.15, -0.1) is 0 Å². The Balaban J connectivity index is 2.33. The monoisotopic (exact) mass is 292 g/mol. The van der Waals surface area contributed by atoms with Crippen molar-refractivity contribution >= 4 is 5.69 Å². The van der Waals surface area contributed by atoms with Gasteiger partial charge in [0.1, 0.15) is 5.82 Å². The standard InChI is InChI=1S/C18H29FN2/c1-5-15-8-7-9-21(12-15)18-10-13(3)17(19)11-16(18)14(4)20-6-2/h10-11,14-15,20H,5-9,12H2,1-4H3. The van der Waals surface area contributed by atoms with Gasteiger partial charge < -0.3 is 10.2 Å². The van der Waals surface area contributed by atoms with Gasteiger partial charge in [-0.1, -0.05) is 20.3 Å². The number of nitrogens with one attached hydrogen (secondary N) is 1. The molecule has 1 fully saturated rings. The van der Waals surface area contributed by atoms with Crippen LogP contribution in [0.3, 0.4) is 0 Å². The number of hydrogen-bond acceptors (Lipinski definition) is 2. The molecule has 1 aromatic rings. The summed E-state index contributed by atoms with van der Waals surface area (Å²) in [5.74, 6) is 0.675. The van der Waals surface area contributed by atoms with Crippen molar-refractivity contribution in [2.75, 3.05) is 24.5 Å². The number of nitrogens with zero attached hydrogens (tertiary/aromatic N) is 1. The highest BCUT2D eigenvalue weighted by Crippen LogP contribution is 2.32. The highest BCUT2D eigenvalue weighted by molar-refractivity contribution is 5.57. The average molecular weight is 292 g/mol. The van der Waals surface area contributed by atoms with Gasteiger partial charge in [-0.2, -0.15) is 0 Å². The molecule has 1 saturated heterocycles. The van der Waals surface area contributed by atoms with Gasteiger partial charge in [-0.25, -0.2) is 4.39 Å². The molecular formula is C18H29FN2. The van der Waals surface area contributed by atoms with Gasteiger partial charge in [-0.3, -0.25) is 0 Å². The van der Waals surface area contributed by atoms with E-state index in [-0.39, 0.29) is 11.9 Å². The first kappa shape index (κ1) is 16.3. The van der Waals surface area contributed by atoms with Crippen LogP contribution in [-0.2, 0) is 0 Å². The summed E-state index contributed by atoms with van der Waals surface area (Å²) in [4.78, 5) is 2.47. The number of halogens is 1. The first-order chi connectivity index (χ1) is 10.1. The number of aryl methyl sites for hydroxylation is 1. The Bertz CT molecular complexity index is 473. The number of anilines is 1. The molecule has 2 nitrogen and oxygen atoms in total. The quantitative estimate of drug-likeness (QED) is 0.863. The second-order valence-corrected chi connectivity index (χ2v) is 6.30. The summed E-state index contributed by atoms with van der Waals surface area (Å²) >= 11 is 0. The van der Waals surface area contributed by atoms with E-state index in [0.29, 0.717) is 0 Å². The number of rotatable bonds is 5. The molecule has 0 aliphatic carbocycles.